The van der Waals surface area contributed by atoms with Crippen LogP contribution in [-0.4, -0.2) is 17.7 Å². The first kappa shape index (κ1) is 5.69. The minimum atomic E-state index is 0.435. The predicted octanol–water partition coefficient (Wildman–Crippen LogP) is 0.159. The Kier molecular flexibility index (Phi) is 1.29. The van der Waals surface area contributed by atoms with Gasteiger partial charge in [0.1, 0.15) is 5.82 Å². The van der Waals surface area contributed by atoms with Crippen molar-refractivity contribution in [3.63, 3.8) is 0 Å². The number of hydrogen-bond donors (Lipinski definition) is 1. The van der Waals surface area contributed by atoms with Crippen molar-refractivity contribution in [3.8, 4) is 0 Å². The first-order valence-corrected chi connectivity index (χ1v) is 2.75. The smallest absolute Gasteiger partial charge is 0.267 e. The molecule has 1 heterocycles. The van der Waals surface area contributed by atoms with E-state index in [0.29, 0.717) is 5.82 Å². The van der Waals surface area contributed by atoms with Crippen LogP contribution in [0, 0.1) is 0 Å². The summed E-state index contributed by atoms with van der Waals surface area (Å²) in [5, 5.41) is 3.64. The first-order valence-electron chi connectivity index (χ1n) is 1.96. The summed E-state index contributed by atoms with van der Waals surface area (Å²) in [5.74, 6) is 0.435. The highest BCUT2D eigenvalue weighted by Crippen LogP contribution is 2.15. The average molecular weight is 172 g/mol. The van der Waals surface area contributed by atoms with Crippen LogP contribution in [0.4, 0.5) is 5.82 Å². The van der Waals surface area contributed by atoms with Gasteiger partial charge in [-0.1, -0.05) is 0 Å². The molecule has 0 aliphatic carbocycles. The molecular weight excluding hydrogens is 169 g/mol. The third-order valence-electron chi connectivity index (χ3n) is 0.787. The molecule has 0 unspecified atom stereocenters. The molecule has 2 radical (unpaired) electrons. The Balaban J connectivity index is 3.19. The minimum absolute atomic E-state index is 0.435. The molecule has 0 bridgehead atoms. The van der Waals surface area contributed by atoms with Crippen LogP contribution >= 0.6 is 15.9 Å². The number of halogens is 1. The number of hydrogen-bond acceptors (Lipinski definition) is 2. The van der Waals surface area contributed by atoms with Crippen LogP contribution < -0.4 is 5.73 Å². The molecule has 0 amide bonds. The Morgan fingerprint density at radius 1 is 1.88 bits per heavy atom. The lowest BCUT2D eigenvalue weighted by Crippen LogP contribution is -1.99. The van der Waals surface area contributed by atoms with Crippen molar-refractivity contribution in [1.29, 1.82) is 0 Å². The van der Waals surface area contributed by atoms with Gasteiger partial charge >= 0.3 is 0 Å². The van der Waals surface area contributed by atoms with Crippen LogP contribution in [0.1, 0.15) is 0 Å². The Bertz CT molecular complexity index is 177. The lowest BCUT2D eigenvalue weighted by molar-refractivity contribution is 1.00. The quantitative estimate of drug-likeness (QED) is 0.566. The van der Waals surface area contributed by atoms with E-state index < -0.39 is 0 Å². The van der Waals surface area contributed by atoms with Crippen molar-refractivity contribution in [3.05, 3.63) is 10.7 Å². The van der Waals surface area contributed by atoms with Gasteiger partial charge in [0.05, 0.1) is 10.7 Å². The number of nitrogens with zero attached hydrogens (tertiary/aromatic N) is 2. The maximum absolute atomic E-state index is 5.33. The molecule has 0 aliphatic heterocycles. The summed E-state index contributed by atoms with van der Waals surface area (Å²) in [6.45, 7) is 0. The van der Waals surface area contributed by atoms with Gasteiger partial charge in [0.25, 0.3) is 7.98 Å². The molecule has 8 heavy (non-hydrogen) atoms. The maximum atomic E-state index is 5.33. The molecule has 0 saturated heterocycles. The summed E-state index contributed by atoms with van der Waals surface area (Å²) in [7, 11) is 5.19. The molecule has 0 aromatic carbocycles. The summed E-state index contributed by atoms with van der Waals surface area (Å²) in [5.41, 5.74) is 5.33. The fraction of sp³-hybridized carbons (Fsp3) is 0. The summed E-state index contributed by atoms with van der Waals surface area (Å²) >= 11 is 3.13. The number of rotatable bonds is 0. The van der Waals surface area contributed by atoms with E-state index in [9.17, 15) is 0 Å². The van der Waals surface area contributed by atoms with Gasteiger partial charge in [-0.25, -0.2) is 0 Å². The Hall–Kier alpha value is -0.445. The zero-order chi connectivity index (χ0) is 6.15. The summed E-state index contributed by atoms with van der Waals surface area (Å²) in [6.07, 6.45) is 1.54. The minimum Gasteiger partial charge on any atom is -0.384 e. The fourth-order valence-corrected chi connectivity index (χ4v) is 0.624. The van der Waals surface area contributed by atoms with Crippen LogP contribution in [0.3, 0.4) is 0 Å². The van der Waals surface area contributed by atoms with Crippen LogP contribution in [0.15, 0.2) is 10.7 Å². The molecule has 0 atom stereocenters. The van der Waals surface area contributed by atoms with Crippen LogP contribution in [-0.2, 0) is 0 Å². The van der Waals surface area contributed by atoms with Crippen LogP contribution in [0.5, 0.6) is 0 Å². The highest BCUT2D eigenvalue weighted by atomic mass is 79.9. The molecule has 0 fully saturated rings. The van der Waals surface area contributed by atoms with E-state index in [0.717, 1.165) is 9.07 Å². The Labute approximate surface area is 56.4 Å². The molecule has 1 aromatic heterocycles. The van der Waals surface area contributed by atoms with Gasteiger partial charge in [0.15, 0.2) is 0 Å². The van der Waals surface area contributed by atoms with E-state index in [-0.39, 0.29) is 0 Å². The topological polar surface area (TPSA) is 43.8 Å². The molecule has 0 saturated carbocycles. The molecule has 5 heteroatoms. The summed E-state index contributed by atoms with van der Waals surface area (Å²) in [6, 6.07) is 0. The first-order chi connectivity index (χ1) is 3.72. The second-order valence-electron chi connectivity index (χ2n) is 1.32. The molecule has 1 rings (SSSR count). The lowest BCUT2D eigenvalue weighted by atomic mass is 10.4. The second kappa shape index (κ2) is 1.82. The predicted molar refractivity (Wildman–Crippen MR) is 35.5 cm³/mol. The molecular formula is C3H3BBrN3. The van der Waals surface area contributed by atoms with E-state index in [1.807, 2.05) is 0 Å². The van der Waals surface area contributed by atoms with Crippen molar-refractivity contribution in [1.82, 2.24) is 9.69 Å². The Morgan fingerprint density at radius 2 is 2.50 bits per heavy atom. The van der Waals surface area contributed by atoms with Crippen molar-refractivity contribution in [2.45, 2.75) is 0 Å². The molecule has 40 valence electrons. The van der Waals surface area contributed by atoms with E-state index in [2.05, 4.69) is 21.0 Å². The second-order valence-corrected chi connectivity index (χ2v) is 2.18. The Morgan fingerprint density at radius 3 is 2.62 bits per heavy atom. The average Bonchev–Trinajstić information content (AvgIpc) is 1.98. The van der Waals surface area contributed by atoms with E-state index >= 15 is 0 Å². The molecule has 0 spiro atoms. The lowest BCUT2D eigenvalue weighted by Gasteiger charge is -1.90. The largest absolute Gasteiger partial charge is 0.384 e. The van der Waals surface area contributed by atoms with Gasteiger partial charge < -0.3 is 10.3 Å². The third kappa shape index (κ3) is 0.731. The van der Waals surface area contributed by atoms with Gasteiger partial charge in [-0.2, -0.15) is 5.10 Å². The maximum Gasteiger partial charge on any atom is 0.267 e. The van der Waals surface area contributed by atoms with Gasteiger partial charge in [-0.3, -0.25) is 0 Å². The molecule has 3 nitrogen and oxygen atoms in total. The van der Waals surface area contributed by atoms with Gasteiger partial charge in [0.2, 0.25) is 0 Å². The van der Waals surface area contributed by atoms with Gasteiger partial charge in [0, 0.05) is 0 Å². The number of nitrogen functional groups attached to an aromatic ring is 1. The van der Waals surface area contributed by atoms with Crippen LogP contribution in [0.25, 0.3) is 0 Å². The van der Waals surface area contributed by atoms with E-state index in [4.69, 9.17) is 13.7 Å². The van der Waals surface area contributed by atoms with Crippen molar-refractivity contribution in [2.75, 3.05) is 5.73 Å². The zero-order valence-electron chi connectivity index (χ0n) is 4.00. The highest BCUT2D eigenvalue weighted by Gasteiger charge is 1.96. The number of nitrogens with two attached hydrogens (primary N) is 1. The summed E-state index contributed by atoms with van der Waals surface area (Å²) < 4.78 is 1.82. The number of aromatic nitrogens is 2. The van der Waals surface area contributed by atoms with Crippen molar-refractivity contribution < 1.29 is 0 Å². The fourth-order valence-electron chi connectivity index (χ4n) is 0.351. The third-order valence-corrected chi connectivity index (χ3v) is 1.40. The van der Waals surface area contributed by atoms with E-state index in [1.54, 1.807) is 0 Å². The monoisotopic (exact) mass is 171 g/mol. The number of anilines is 1. The van der Waals surface area contributed by atoms with Crippen molar-refractivity contribution in [2.24, 2.45) is 0 Å². The van der Waals surface area contributed by atoms with Gasteiger partial charge in [-0.05, 0) is 15.9 Å². The van der Waals surface area contributed by atoms with E-state index in [1.165, 1.54) is 6.20 Å². The summed E-state index contributed by atoms with van der Waals surface area (Å²) in [4.78, 5) is 0. The standard InChI is InChI=1S/C3H3BBrN3/c4-8-3(6)2(5)1-7-8/h1H,6H2. The molecule has 0 aliphatic rings. The highest BCUT2D eigenvalue weighted by molar-refractivity contribution is 9.10. The van der Waals surface area contributed by atoms with Crippen molar-refractivity contribution >= 4 is 29.7 Å². The van der Waals surface area contributed by atoms with Crippen LogP contribution in [0.2, 0.25) is 0 Å². The SMILES string of the molecule is [B]n1ncc(Br)c1N. The molecule has 1 aromatic rings. The molecule has 2 N–H and O–H groups in total. The normalized spacial score (nSPS) is 9.62. The zero-order valence-corrected chi connectivity index (χ0v) is 5.59. The van der Waals surface area contributed by atoms with Gasteiger partial charge in [-0.15, -0.1) is 0 Å².